The summed E-state index contributed by atoms with van der Waals surface area (Å²) in [6, 6.07) is 6.45. The van der Waals surface area contributed by atoms with Crippen LogP contribution in [0.15, 0.2) is 18.2 Å². The van der Waals surface area contributed by atoms with Crippen LogP contribution >= 0.6 is 35.6 Å². The number of halogens is 1. The van der Waals surface area contributed by atoms with Gasteiger partial charge in [0, 0.05) is 34.8 Å². The minimum atomic E-state index is 0.349. The maximum Gasteiger partial charge on any atom is 0.105 e. The second-order valence-electron chi connectivity index (χ2n) is 4.54. The minimum Gasteiger partial charge on any atom is -0.389 e. The highest BCUT2D eigenvalue weighted by molar-refractivity contribution is 8.00. The van der Waals surface area contributed by atoms with Crippen LogP contribution in [0.5, 0.6) is 0 Å². The van der Waals surface area contributed by atoms with E-state index in [9.17, 15) is 0 Å². The second kappa shape index (κ2) is 5.68. The van der Waals surface area contributed by atoms with Crippen LogP contribution in [0.1, 0.15) is 19.4 Å². The van der Waals surface area contributed by atoms with E-state index in [0.29, 0.717) is 21.3 Å². The average molecular weight is 301 g/mol. The van der Waals surface area contributed by atoms with Crippen LogP contribution in [0.2, 0.25) is 5.02 Å². The lowest BCUT2D eigenvalue weighted by atomic mass is 10.1. The first-order valence-electron chi connectivity index (χ1n) is 5.98. The van der Waals surface area contributed by atoms with E-state index < -0.39 is 0 Å². The molecule has 2 nitrogen and oxygen atoms in total. The predicted octanol–water partition coefficient (Wildman–Crippen LogP) is 3.30. The van der Waals surface area contributed by atoms with Gasteiger partial charge in [-0.1, -0.05) is 30.7 Å². The van der Waals surface area contributed by atoms with Gasteiger partial charge in [-0.3, -0.25) is 0 Å². The highest BCUT2D eigenvalue weighted by Gasteiger charge is 2.25. The molecular weight excluding hydrogens is 284 g/mol. The molecule has 2 rings (SSSR count). The Balaban J connectivity index is 2.28. The molecule has 1 fully saturated rings. The maximum absolute atomic E-state index is 6.23. The van der Waals surface area contributed by atoms with Gasteiger partial charge in [-0.2, -0.15) is 11.8 Å². The van der Waals surface area contributed by atoms with Crippen molar-refractivity contribution in [2.45, 2.75) is 25.1 Å². The van der Waals surface area contributed by atoms with Crippen molar-refractivity contribution in [3.8, 4) is 0 Å². The molecule has 1 heterocycles. The zero-order valence-corrected chi connectivity index (χ0v) is 12.9. The van der Waals surface area contributed by atoms with Crippen molar-refractivity contribution in [3.05, 3.63) is 28.8 Å². The van der Waals surface area contributed by atoms with E-state index >= 15 is 0 Å². The molecule has 1 aliphatic heterocycles. The van der Waals surface area contributed by atoms with E-state index in [2.05, 4.69) is 24.8 Å². The van der Waals surface area contributed by atoms with Gasteiger partial charge in [0.2, 0.25) is 0 Å². The molecule has 98 valence electrons. The molecule has 0 spiro atoms. The van der Waals surface area contributed by atoms with E-state index in [0.717, 1.165) is 23.5 Å². The van der Waals surface area contributed by atoms with E-state index in [1.165, 1.54) is 0 Å². The first-order chi connectivity index (χ1) is 8.50. The summed E-state index contributed by atoms with van der Waals surface area (Å²) in [5, 5.41) is 1.27. The molecule has 2 atom stereocenters. The lowest BCUT2D eigenvalue weighted by Gasteiger charge is -2.39. The van der Waals surface area contributed by atoms with Crippen molar-refractivity contribution in [1.82, 2.24) is 0 Å². The number of nitrogens with two attached hydrogens (primary N) is 1. The lowest BCUT2D eigenvalue weighted by Crippen LogP contribution is -2.44. The van der Waals surface area contributed by atoms with Crippen molar-refractivity contribution in [2.24, 2.45) is 5.73 Å². The van der Waals surface area contributed by atoms with Gasteiger partial charge in [0.25, 0.3) is 0 Å². The van der Waals surface area contributed by atoms with Gasteiger partial charge in [0.05, 0.1) is 5.02 Å². The van der Waals surface area contributed by atoms with Gasteiger partial charge in [0.1, 0.15) is 4.99 Å². The Morgan fingerprint density at radius 3 is 2.83 bits per heavy atom. The summed E-state index contributed by atoms with van der Waals surface area (Å²) in [5.41, 5.74) is 7.53. The highest BCUT2D eigenvalue weighted by Crippen LogP contribution is 2.31. The van der Waals surface area contributed by atoms with E-state index in [-0.39, 0.29) is 0 Å². The van der Waals surface area contributed by atoms with Crippen molar-refractivity contribution >= 4 is 46.3 Å². The molecule has 0 amide bonds. The van der Waals surface area contributed by atoms with E-state index in [1.54, 1.807) is 0 Å². The molecule has 2 N–H and O–H groups in total. The van der Waals surface area contributed by atoms with E-state index in [1.807, 2.05) is 23.9 Å². The van der Waals surface area contributed by atoms with Crippen LogP contribution < -0.4 is 10.6 Å². The van der Waals surface area contributed by atoms with E-state index in [4.69, 9.17) is 29.6 Å². The number of thiocarbonyl (C=S) groups is 1. The normalized spacial score (nSPS) is 24.1. The van der Waals surface area contributed by atoms with Crippen LogP contribution in [0.3, 0.4) is 0 Å². The Labute approximate surface area is 123 Å². The van der Waals surface area contributed by atoms with Crippen LogP contribution in [-0.4, -0.2) is 28.6 Å². The second-order valence-corrected chi connectivity index (χ2v) is 6.87. The number of thioether (sulfide) groups is 1. The summed E-state index contributed by atoms with van der Waals surface area (Å²) in [7, 11) is 0. The monoisotopic (exact) mass is 300 g/mol. The molecule has 0 aromatic heterocycles. The summed E-state index contributed by atoms with van der Waals surface area (Å²) in [6.45, 7) is 5.58. The van der Waals surface area contributed by atoms with Crippen LogP contribution in [-0.2, 0) is 0 Å². The van der Waals surface area contributed by atoms with Crippen molar-refractivity contribution in [1.29, 1.82) is 0 Å². The number of hydrogen-bond acceptors (Lipinski definition) is 3. The highest BCUT2D eigenvalue weighted by atomic mass is 35.5. The van der Waals surface area contributed by atoms with Gasteiger partial charge in [-0.25, -0.2) is 0 Å². The molecule has 1 aliphatic rings. The summed E-state index contributed by atoms with van der Waals surface area (Å²) < 4.78 is 0. The SMILES string of the molecule is CC1SCCN(c2ccc(C(N)=S)c(Cl)c2)C1C. The largest absolute Gasteiger partial charge is 0.389 e. The van der Waals surface area contributed by atoms with Crippen molar-refractivity contribution in [3.63, 3.8) is 0 Å². The fourth-order valence-corrected chi connectivity index (χ4v) is 3.79. The molecule has 0 radical (unpaired) electrons. The number of benzene rings is 1. The van der Waals surface area contributed by atoms with Gasteiger partial charge in [-0.05, 0) is 25.1 Å². The smallest absolute Gasteiger partial charge is 0.105 e. The van der Waals surface area contributed by atoms with Gasteiger partial charge in [-0.15, -0.1) is 0 Å². The zero-order valence-electron chi connectivity index (χ0n) is 10.5. The van der Waals surface area contributed by atoms with Crippen molar-refractivity contribution < 1.29 is 0 Å². The third-order valence-corrected chi connectivity index (χ3v) is 5.30. The number of hydrogen-bond donors (Lipinski definition) is 1. The van der Waals surface area contributed by atoms with Gasteiger partial charge in [0.15, 0.2) is 0 Å². The van der Waals surface area contributed by atoms with Gasteiger partial charge < -0.3 is 10.6 Å². The first kappa shape index (κ1) is 14.0. The molecular formula is C13H17ClN2S2. The quantitative estimate of drug-likeness (QED) is 0.849. The topological polar surface area (TPSA) is 29.3 Å². The molecule has 0 saturated carbocycles. The zero-order chi connectivity index (χ0) is 13.3. The lowest BCUT2D eigenvalue weighted by molar-refractivity contribution is 0.627. The Bertz CT molecular complexity index is 464. The Morgan fingerprint density at radius 2 is 2.22 bits per heavy atom. The summed E-state index contributed by atoms with van der Waals surface area (Å²) in [5.74, 6) is 1.15. The Hall–Kier alpha value is -0.450. The third kappa shape index (κ3) is 2.76. The molecule has 1 aromatic carbocycles. The summed E-state index contributed by atoms with van der Waals surface area (Å²) in [4.78, 5) is 2.75. The molecule has 18 heavy (non-hydrogen) atoms. The van der Waals surface area contributed by atoms with Gasteiger partial charge >= 0.3 is 0 Å². The van der Waals surface area contributed by atoms with Crippen molar-refractivity contribution in [2.75, 3.05) is 17.2 Å². The fourth-order valence-electron chi connectivity index (χ4n) is 2.18. The van der Waals surface area contributed by atoms with Crippen LogP contribution in [0, 0.1) is 0 Å². The summed E-state index contributed by atoms with van der Waals surface area (Å²) in [6.07, 6.45) is 0. The summed E-state index contributed by atoms with van der Waals surface area (Å²) >= 11 is 13.2. The fraction of sp³-hybridized carbons (Fsp3) is 0.462. The molecule has 2 unspecified atom stereocenters. The number of rotatable bonds is 2. The minimum absolute atomic E-state index is 0.349. The molecule has 1 saturated heterocycles. The predicted molar refractivity (Wildman–Crippen MR) is 86.1 cm³/mol. The standard InChI is InChI=1S/C13H17ClN2S2/c1-8-9(2)18-6-5-16(8)10-3-4-11(13(15)17)12(14)7-10/h3-4,7-9H,5-6H2,1-2H3,(H2,15,17). The molecule has 1 aromatic rings. The number of anilines is 1. The Kier molecular flexibility index (Phi) is 4.41. The molecule has 0 bridgehead atoms. The first-order valence-corrected chi connectivity index (χ1v) is 7.82. The maximum atomic E-state index is 6.23. The average Bonchev–Trinajstić information content (AvgIpc) is 2.32. The van der Waals surface area contributed by atoms with Crippen LogP contribution in [0.25, 0.3) is 0 Å². The number of nitrogens with zero attached hydrogens (tertiary/aromatic N) is 1. The third-order valence-electron chi connectivity index (χ3n) is 3.43. The van der Waals surface area contributed by atoms with Crippen LogP contribution in [0.4, 0.5) is 5.69 Å². The molecule has 5 heteroatoms. The molecule has 0 aliphatic carbocycles. The Morgan fingerprint density at radius 1 is 1.50 bits per heavy atom.